The maximum atomic E-state index is 11.7. The topological polar surface area (TPSA) is 79.2 Å². The summed E-state index contributed by atoms with van der Waals surface area (Å²) in [6.07, 6.45) is 2.03. The lowest BCUT2D eigenvalue weighted by Gasteiger charge is -2.34. The van der Waals surface area contributed by atoms with Gasteiger partial charge in [0.15, 0.2) is 0 Å². The Hall–Kier alpha value is -1.57. The minimum Gasteiger partial charge on any atom is -0.467 e. The Morgan fingerprint density at radius 1 is 1.53 bits per heavy atom. The molecule has 5 nitrogen and oxygen atoms in total. The van der Waals surface area contributed by atoms with Gasteiger partial charge in [-0.2, -0.15) is 5.26 Å². The molecule has 0 aliphatic heterocycles. The van der Waals surface area contributed by atoms with Crippen LogP contribution in [0, 0.1) is 16.7 Å². The van der Waals surface area contributed by atoms with Gasteiger partial charge in [-0.3, -0.25) is 4.79 Å². The smallest absolute Gasteiger partial charge is 0.328 e. The zero-order chi connectivity index (χ0) is 11.5. The van der Waals surface area contributed by atoms with Crippen molar-refractivity contribution in [3.05, 3.63) is 0 Å². The summed E-state index contributed by atoms with van der Waals surface area (Å²) >= 11 is 0. The minimum absolute atomic E-state index is 0.367. The molecule has 1 aliphatic carbocycles. The van der Waals surface area contributed by atoms with Gasteiger partial charge in [-0.05, 0) is 26.2 Å². The van der Waals surface area contributed by atoms with Gasteiger partial charge in [-0.1, -0.05) is 0 Å². The van der Waals surface area contributed by atoms with E-state index >= 15 is 0 Å². The highest BCUT2D eigenvalue weighted by Gasteiger charge is 2.45. The Morgan fingerprint density at radius 3 is 2.47 bits per heavy atom. The van der Waals surface area contributed by atoms with E-state index in [-0.39, 0.29) is 5.91 Å². The number of carbonyl (C=O) groups is 2. The average molecular weight is 210 g/mol. The molecule has 0 aromatic rings. The molecule has 1 fully saturated rings. The van der Waals surface area contributed by atoms with Gasteiger partial charge in [0.1, 0.15) is 11.5 Å². The minimum atomic E-state index is -0.914. The fourth-order valence-corrected chi connectivity index (χ4v) is 1.49. The normalized spacial score (nSPS) is 19.3. The van der Waals surface area contributed by atoms with Crippen LogP contribution >= 0.6 is 0 Å². The van der Waals surface area contributed by atoms with E-state index in [1.54, 1.807) is 0 Å². The van der Waals surface area contributed by atoms with Crippen molar-refractivity contribution in [2.45, 2.75) is 32.2 Å². The van der Waals surface area contributed by atoms with Crippen LogP contribution in [0.3, 0.4) is 0 Å². The lowest BCUT2D eigenvalue weighted by Crippen LogP contribution is -2.49. The first-order valence-corrected chi connectivity index (χ1v) is 4.86. The summed E-state index contributed by atoms with van der Waals surface area (Å²) in [7, 11) is 1.26. The summed E-state index contributed by atoms with van der Waals surface area (Å²) in [5.41, 5.74) is -0.914. The molecule has 0 spiro atoms. The Balaban J connectivity index is 2.56. The Bertz CT molecular complexity index is 315. The van der Waals surface area contributed by atoms with Gasteiger partial charge >= 0.3 is 5.97 Å². The summed E-state index contributed by atoms with van der Waals surface area (Å²) in [6.45, 7) is 1.54. The van der Waals surface area contributed by atoms with Crippen molar-refractivity contribution in [1.82, 2.24) is 5.32 Å². The molecule has 0 bridgehead atoms. The van der Waals surface area contributed by atoms with Gasteiger partial charge in [-0.15, -0.1) is 0 Å². The summed E-state index contributed by atoms with van der Waals surface area (Å²) in [5.74, 6) is -0.870. The van der Waals surface area contributed by atoms with E-state index in [0.717, 1.165) is 6.42 Å². The number of esters is 1. The molecule has 1 saturated carbocycles. The van der Waals surface area contributed by atoms with E-state index in [9.17, 15) is 9.59 Å². The Kier molecular flexibility index (Phi) is 3.30. The number of amides is 1. The predicted molar refractivity (Wildman–Crippen MR) is 51.5 cm³/mol. The van der Waals surface area contributed by atoms with Crippen LogP contribution in [0.5, 0.6) is 0 Å². The number of hydrogen-bond donors (Lipinski definition) is 1. The second-order valence-electron chi connectivity index (χ2n) is 3.77. The summed E-state index contributed by atoms with van der Waals surface area (Å²) in [6, 6.07) is 1.31. The zero-order valence-corrected chi connectivity index (χ0v) is 8.87. The van der Waals surface area contributed by atoms with Crippen molar-refractivity contribution in [2.24, 2.45) is 5.41 Å². The highest BCUT2D eigenvalue weighted by molar-refractivity contribution is 5.90. The fourth-order valence-electron chi connectivity index (χ4n) is 1.49. The van der Waals surface area contributed by atoms with Crippen molar-refractivity contribution in [2.75, 3.05) is 7.11 Å². The molecule has 1 unspecified atom stereocenters. The van der Waals surface area contributed by atoms with Gasteiger partial charge in [0.05, 0.1) is 13.2 Å². The second kappa shape index (κ2) is 4.30. The molecule has 82 valence electrons. The van der Waals surface area contributed by atoms with Crippen LogP contribution in [0.1, 0.15) is 26.2 Å². The Morgan fingerprint density at radius 2 is 2.13 bits per heavy atom. The van der Waals surface area contributed by atoms with Crippen molar-refractivity contribution < 1.29 is 14.3 Å². The number of nitrogens with one attached hydrogen (secondary N) is 1. The van der Waals surface area contributed by atoms with Crippen LogP contribution in [0.15, 0.2) is 0 Å². The number of nitriles is 1. The number of carbonyl (C=O) groups excluding carboxylic acids is 2. The first-order chi connectivity index (χ1) is 7.05. The van der Waals surface area contributed by atoms with Crippen molar-refractivity contribution in [3.8, 4) is 6.07 Å². The van der Waals surface area contributed by atoms with Crippen LogP contribution < -0.4 is 5.32 Å². The van der Waals surface area contributed by atoms with Crippen molar-refractivity contribution in [1.29, 1.82) is 5.26 Å². The Labute approximate surface area is 88.4 Å². The molecule has 1 N–H and O–H groups in total. The summed E-state index contributed by atoms with van der Waals surface area (Å²) in [5, 5.41) is 11.4. The van der Waals surface area contributed by atoms with Gasteiger partial charge in [0.25, 0.3) is 0 Å². The first kappa shape index (κ1) is 11.5. The highest BCUT2D eigenvalue weighted by atomic mass is 16.5. The van der Waals surface area contributed by atoms with Crippen molar-refractivity contribution >= 4 is 11.9 Å². The average Bonchev–Trinajstić information content (AvgIpc) is 2.15. The van der Waals surface area contributed by atoms with Crippen molar-refractivity contribution in [3.63, 3.8) is 0 Å². The maximum Gasteiger partial charge on any atom is 0.328 e. The molecule has 0 radical (unpaired) electrons. The van der Waals surface area contributed by atoms with E-state index < -0.39 is 17.4 Å². The third kappa shape index (κ3) is 2.09. The molecule has 15 heavy (non-hydrogen) atoms. The molecule has 0 heterocycles. The molecule has 0 saturated heterocycles. The number of rotatable bonds is 3. The molecule has 0 aromatic heterocycles. The summed E-state index contributed by atoms with van der Waals surface area (Å²) in [4.78, 5) is 22.7. The van der Waals surface area contributed by atoms with Crippen LogP contribution in [0.2, 0.25) is 0 Å². The van der Waals surface area contributed by atoms with Gasteiger partial charge in [0, 0.05) is 0 Å². The molecule has 1 rings (SSSR count). The standard InChI is InChI=1S/C10H14N2O3/c1-7(8(13)15-2)12-9(14)10(6-11)4-3-5-10/h7H,3-5H2,1-2H3,(H,12,14). The molecule has 1 amide bonds. The van der Waals surface area contributed by atoms with E-state index in [1.165, 1.54) is 14.0 Å². The summed E-state index contributed by atoms with van der Waals surface area (Å²) < 4.78 is 4.47. The lowest BCUT2D eigenvalue weighted by atomic mass is 9.69. The molecular formula is C10H14N2O3. The number of methoxy groups -OCH3 is 1. The van der Waals surface area contributed by atoms with Gasteiger partial charge < -0.3 is 10.1 Å². The lowest BCUT2D eigenvalue weighted by molar-refractivity contribution is -0.146. The first-order valence-electron chi connectivity index (χ1n) is 4.86. The van der Waals surface area contributed by atoms with Crippen LogP contribution in [0.4, 0.5) is 0 Å². The number of nitrogens with zero attached hydrogens (tertiary/aromatic N) is 1. The third-order valence-electron chi connectivity index (χ3n) is 2.76. The highest BCUT2D eigenvalue weighted by Crippen LogP contribution is 2.40. The van der Waals surface area contributed by atoms with E-state index in [0.29, 0.717) is 12.8 Å². The molecule has 1 atom stereocenters. The van der Waals surface area contributed by atoms with E-state index in [1.807, 2.05) is 6.07 Å². The quantitative estimate of drug-likeness (QED) is 0.682. The monoisotopic (exact) mass is 210 g/mol. The van der Waals surface area contributed by atoms with Crippen LogP contribution in [-0.2, 0) is 14.3 Å². The van der Waals surface area contributed by atoms with E-state index in [2.05, 4.69) is 10.1 Å². The molecular weight excluding hydrogens is 196 g/mol. The largest absolute Gasteiger partial charge is 0.467 e. The molecule has 5 heteroatoms. The van der Waals surface area contributed by atoms with Crippen LogP contribution in [0.25, 0.3) is 0 Å². The van der Waals surface area contributed by atoms with Gasteiger partial charge in [0.2, 0.25) is 5.91 Å². The molecule has 1 aliphatic rings. The maximum absolute atomic E-state index is 11.7. The molecule has 0 aromatic carbocycles. The third-order valence-corrected chi connectivity index (χ3v) is 2.76. The van der Waals surface area contributed by atoms with E-state index in [4.69, 9.17) is 5.26 Å². The SMILES string of the molecule is COC(=O)C(C)NC(=O)C1(C#N)CCC1. The number of ether oxygens (including phenoxy) is 1. The second-order valence-corrected chi connectivity index (χ2v) is 3.77. The number of hydrogen-bond acceptors (Lipinski definition) is 4. The predicted octanol–water partition coefficient (Wildman–Crippen LogP) is 0.358. The van der Waals surface area contributed by atoms with Gasteiger partial charge in [-0.25, -0.2) is 4.79 Å². The van der Waals surface area contributed by atoms with Crippen LogP contribution in [-0.4, -0.2) is 25.0 Å². The zero-order valence-electron chi connectivity index (χ0n) is 8.87. The fraction of sp³-hybridized carbons (Fsp3) is 0.700.